The van der Waals surface area contributed by atoms with Crippen molar-refractivity contribution in [3.63, 3.8) is 0 Å². The number of H-pyrrole nitrogens is 1. The van der Waals surface area contributed by atoms with Crippen molar-refractivity contribution in [1.29, 1.82) is 0 Å². The van der Waals surface area contributed by atoms with E-state index in [4.69, 9.17) is 0 Å². The zero-order chi connectivity index (χ0) is 13.4. The molecule has 0 saturated carbocycles. The Morgan fingerprint density at radius 2 is 2.21 bits per heavy atom. The van der Waals surface area contributed by atoms with Crippen LogP contribution in [-0.4, -0.2) is 15.9 Å². The molecule has 0 atom stereocenters. The van der Waals surface area contributed by atoms with Crippen molar-refractivity contribution in [3.05, 3.63) is 26.6 Å². The van der Waals surface area contributed by atoms with Crippen molar-refractivity contribution in [3.8, 4) is 0 Å². The van der Waals surface area contributed by atoms with Crippen LogP contribution in [0.3, 0.4) is 0 Å². The summed E-state index contributed by atoms with van der Waals surface area (Å²) in [7, 11) is 0. The van der Waals surface area contributed by atoms with Crippen molar-refractivity contribution in [2.24, 2.45) is 0 Å². The minimum Gasteiger partial charge on any atom is -0.349 e. The van der Waals surface area contributed by atoms with Gasteiger partial charge in [-0.25, -0.2) is 4.98 Å². The molecular weight excluding hydrogens is 262 g/mol. The largest absolute Gasteiger partial charge is 0.349 e. The molecule has 3 rings (SSSR count). The highest BCUT2D eigenvalue weighted by molar-refractivity contribution is 7.18. The summed E-state index contributed by atoms with van der Waals surface area (Å²) in [4.78, 5) is 32.4. The average Bonchev–Trinajstić information content (AvgIpc) is 2.74. The van der Waals surface area contributed by atoms with Gasteiger partial charge in [-0.3, -0.25) is 9.59 Å². The summed E-state index contributed by atoms with van der Waals surface area (Å²) in [5.74, 6) is 0.388. The van der Waals surface area contributed by atoms with Crippen molar-refractivity contribution in [2.75, 3.05) is 0 Å². The fourth-order valence-electron chi connectivity index (χ4n) is 2.50. The van der Waals surface area contributed by atoms with E-state index in [0.29, 0.717) is 5.82 Å². The molecule has 1 aliphatic carbocycles. The zero-order valence-electron chi connectivity index (χ0n) is 10.7. The number of nitrogens with zero attached hydrogens (tertiary/aromatic N) is 1. The Kier molecular flexibility index (Phi) is 3.10. The minimum absolute atomic E-state index is 0.0789. The number of aromatic nitrogens is 2. The summed E-state index contributed by atoms with van der Waals surface area (Å²) in [6.07, 6.45) is 4.37. The number of thiophene rings is 1. The first kappa shape index (κ1) is 12.3. The number of amides is 1. The predicted molar refractivity (Wildman–Crippen MR) is 74.4 cm³/mol. The van der Waals surface area contributed by atoms with Crippen molar-refractivity contribution in [2.45, 2.75) is 39.2 Å². The summed E-state index contributed by atoms with van der Waals surface area (Å²) in [5, 5.41) is 3.40. The van der Waals surface area contributed by atoms with Crippen LogP contribution in [0.1, 0.15) is 36.0 Å². The highest BCUT2D eigenvalue weighted by Crippen LogP contribution is 2.33. The molecule has 19 heavy (non-hydrogen) atoms. The molecule has 0 saturated heterocycles. The lowest BCUT2D eigenvalue weighted by molar-refractivity contribution is -0.119. The van der Waals surface area contributed by atoms with Crippen LogP contribution in [0, 0.1) is 0 Å². The third-order valence-corrected chi connectivity index (χ3v) is 4.56. The Labute approximate surface area is 114 Å². The van der Waals surface area contributed by atoms with Crippen LogP contribution in [0.5, 0.6) is 0 Å². The topological polar surface area (TPSA) is 74.8 Å². The van der Waals surface area contributed by atoms with E-state index in [1.165, 1.54) is 23.8 Å². The third kappa shape index (κ3) is 2.28. The number of aromatic amines is 1. The number of carbonyl (C=O) groups excluding carboxylic acids is 1. The van der Waals surface area contributed by atoms with Gasteiger partial charge >= 0.3 is 0 Å². The molecule has 1 aliphatic rings. The molecule has 2 N–H and O–H groups in total. The van der Waals surface area contributed by atoms with Gasteiger partial charge in [-0.15, -0.1) is 11.3 Å². The van der Waals surface area contributed by atoms with Crippen LogP contribution in [0.2, 0.25) is 0 Å². The Balaban J connectivity index is 2.06. The highest BCUT2D eigenvalue weighted by Gasteiger charge is 2.19. The monoisotopic (exact) mass is 277 g/mol. The van der Waals surface area contributed by atoms with Gasteiger partial charge in [0.25, 0.3) is 5.56 Å². The van der Waals surface area contributed by atoms with Gasteiger partial charge in [-0.1, -0.05) is 0 Å². The number of aryl methyl sites for hydroxylation is 2. The van der Waals surface area contributed by atoms with Crippen LogP contribution >= 0.6 is 11.3 Å². The number of nitrogens with one attached hydrogen (secondary N) is 2. The van der Waals surface area contributed by atoms with Gasteiger partial charge in [0.05, 0.1) is 11.9 Å². The molecule has 2 heterocycles. The first-order valence-corrected chi connectivity index (χ1v) is 7.24. The second kappa shape index (κ2) is 4.77. The van der Waals surface area contributed by atoms with Gasteiger partial charge in [0.1, 0.15) is 10.7 Å². The van der Waals surface area contributed by atoms with Crippen LogP contribution in [-0.2, 0) is 24.2 Å². The molecule has 0 aromatic carbocycles. The number of carbonyl (C=O) groups is 1. The molecule has 5 nitrogen and oxygen atoms in total. The third-order valence-electron chi connectivity index (χ3n) is 3.38. The minimum atomic E-state index is -0.131. The van der Waals surface area contributed by atoms with E-state index in [1.54, 1.807) is 11.3 Å². The van der Waals surface area contributed by atoms with E-state index in [2.05, 4.69) is 15.3 Å². The maximum absolute atomic E-state index is 12.2. The van der Waals surface area contributed by atoms with Crippen LogP contribution in [0.4, 0.5) is 0 Å². The van der Waals surface area contributed by atoms with Crippen molar-refractivity contribution in [1.82, 2.24) is 15.3 Å². The smallest absolute Gasteiger partial charge is 0.259 e. The summed E-state index contributed by atoms with van der Waals surface area (Å²) >= 11 is 1.62. The summed E-state index contributed by atoms with van der Waals surface area (Å²) < 4.78 is 0. The maximum atomic E-state index is 12.2. The molecule has 0 spiro atoms. The second-order valence-electron chi connectivity index (χ2n) is 4.81. The normalized spacial score (nSPS) is 14.4. The molecule has 6 heteroatoms. The molecule has 0 fully saturated rings. The van der Waals surface area contributed by atoms with E-state index in [-0.39, 0.29) is 18.0 Å². The van der Waals surface area contributed by atoms with Crippen molar-refractivity contribution >= 4 is 27.5 Å². The summed E-state index contributed by atoms with van der Waals surface area (Å²) in [6, 6.07) is 0. The van der Waals surface area contributed by atoms with E-state index < -0.39 is 0 Å². The van der Waals surface area contributed by atoms with Crippen LogP contribution in [0.25, 0.3) is 10.2 Å². The van der Waals surface area contributed by atoms with Gasteiger partial charge in [0.15, 0.2) is 0 Å². The number of fused-ring (bicyclic) bond motifs is 3. The number of rotatable bonds is 2. The lowest BCUT2D eigenvalue weighted by Gasteiger charge is -2.09. The van der Waals surface area contributed by atoms with Gasteiger partial charge in [0, 0.05) is 11.8 Å². The van der Waals surface area contributed by atoms with E-state index in [1.807, 2.05) is 0 Å². The van der Waals surface area contributed by atoms with Gasteiger partial charge in [0.2, 0.25) is 5.91 Å². The second-order valence-corrected chi connectivity index (χ2v) is 5.90. The predicted octanol–water partition coefficient (Wildman–Crippen LogP) is 1.50. The molecule has 0 aliphatic heterocycles. The van der Waals surface area contributed by atoms with E-state index in [0.717, 1.165) is 29.5 Å². The fourth-order valence-corrected chi connectivity index (χ4v) is 3.78. The Hall–Kier alpha value is -1.69. The number of hydrogen-bond donors (Lipinski definition) is 2. The van der Waals surface area contributed by atoms with Crippen LogP contribution < -0.4 is 10.9 Å². The summed E-state index contributed by atoms with van der Waals surface area (Å²) in [5.41, 5.74) is 1.11. The molecule has 1 amide bonds. The Morgan fingerprint density at radius 3 is 3.00 bits per heavy atom. The Bertz CT molecular complexity index is 702. The molecule has 0 radical (unpaired) electrons. The quantitative estimate of drug-likeness (QED) is 0.873. The van der Waals surface area contributed by atoms with Crippen molar-refractivity contribution < 1.29 is 4.79 Å². The first-order chi connectivity index (χ1) is 9.15. The van der Waals surface area contributed by atoms with Gasteiger partial charge in [-0.05, 0) is 31.2 Å². The SMILES string of the molecule is CC(=O)NCc1nc2sc3c(c2c(=O)[nH]1)CCCC3. The lowest BCUT2D eigenvalue weighted by atomic mass is 9.97. The highest BCUT2D eigenvalue weighted by atomic mass is 32.1. The zero-order valence-corrected chi connectivity index (χ0v) is 11.5. The average molecular weight is 277 g/mol. The van der Waals surface area contributed by atoms with Gasteiger partial charge in [-0.2, -0.15) is 0 Å². The molecule has 100 valence electrons. The maximum Gasteiger partial charge on any atom is 0.259 e. The lowest BCUT2D eigenvalue weighted by Crippen LogP contribution is -2.23. The molecule has 0 unspecified atom stereocenters. The van der Waals surface area contributed by atoms with E-state index in [9.17, 15) is 9.59 Å². The molecule has 2 aromatic heterocycles. The standard InChI is InChI=1S/C13H15N3O2S/c1-7(17)14-6-10-15-12(18)11-8-4-2-3-5-9(8)19-13(11)16-10/h2-6H2,1H3,(H,14,17)(H,15,16,18). The van der Waals surface area contributed by atoms with Gasteiger partial charge < -0.3 is 10.3 Å². The molecular formula is C13H15N3O2S. The molecule has 0 bridgehead atoms. The van der Waals surface area contributed by atoms with Crippen LogP contribution in [0.15, 0.2) is 4.79 Å². The number of hydrogen-bond acceptors (Lipinski definition) is 4. The first-order valence-electron chi connectivity index (χ1n) is 6.43. The van der Waals surface area contributed by atoms with E-state index >= 15 is 0 Å². The fraction of sp³-hybridized carbons (Fsp3) is 0.462. The molecule has 2 aromatic rings. The summed E-state index contributed by atoms with van der Waals surface area (Å²) in [6.45, 7) is 1.71. The Morgan fingerprint density at radius 1 is 1.42 bits per heavy atom.